The van der Waals surface area contributed by atoms with Gasteiger partial charge in [-0.3, -0.25) is 9.59 Å². The van der Waals surface area contributed by atoms with Crippen LogP contribution in [0.5, 0.6) is 5.75 Å². The third kappa shape index (κ3) is 4.34. The Morgan fingerprint density at radius 2 is 1.66 bits per heavy atom. The van der Waals surface area contributed by atoms with Crippen molar-refractivity contribution in [2.24, 2.45) is 17.8 Å². The highest BCUT2D eigenvalue weighted by Gasteiger charge is 2.46. The maximum atomic E-state index is 13.2. The fourth-order valence-corrected chi connectivity index (χ4v) is 6.14. The SMILES string of the molecule is O=C(c1cc2ccc(OC(F)(F)F)cc2[nH]1)N1C[C@@H]2CN(C(=O)C3CCC4NNNC4C3)C[C@H]2C1. The van der Waals surface area contributed by atoms with Gasteiger partial charge in [0.15, 0.2) is 0 Å². The van der Waals surface area contributed by atoms with Gasteiger partial charge in [-0.2, -0.15) is 5.53 Å². The molecule has 188 valence electrons. The van der Waals surface area contributed by atoms with Crippen LogP contribution in [0.3, 0.4) is 0 Å². The zero-order chi connectivity index (χ0) is 24.3. The van der Waals surface area contributed by atoms with E-state index >= 15 is 0 Å². The first-order valence-electron chi connectivity index (χ1n) is 12.0. The number of hydrogen-bond acceptors (Lipinski definition) is 6. The summed E-state index contributed by atoms with van der Waals surface area (Å²) in [5.41, 5.74) is 10.1. The Kier molecular flexibility index (Phi) is 5.42. The molecule has 3 unspecified atom stereocenters. The molecule has 5 atom stereocenters. The Labute approximate surface area is 199 Å². The molecule has 1 aromatic carbocycles. The molecule has 1 aromatic heterocycles. The average Bonchev–Trinajstić information content (AvgIpc) is 3.58. The van der Waals surface area contributed by atoms with Gasteiger partial charge in [0.1, 0.15) is 11.4 Å². The van der Waals surface area contributed by atoms with Gasteiger partial charge in [0.2, 0.25) is 5.91 Å². The molecule has 3 saturated heterocycles. The van der Waals surface area contributed by atoms with Gasteiger partial charge in [-0.25, -0.2) is 10.9 Å². The number of ether oxygens (including phenoxy) is 1. The summed E-state index contributed by atoms with van der Waals surface area (Å²) in [6.45, 7) is 2.45. The number of H-pyrrole nitrogens is 1. The lowest BCUT2D eigenvalue weighted by atomic mass is 9.82. The number of hydrogen-bond donors (Lipinski definition) is 4. The van der Waals surface area contributed by atoms with Gasteiger partial charge >= 0.3 is 6.36 Å². The first kappa shape index (κ1) is 22.6. The van der Waals surface area contributed by atoms with Crippen LogP contribution in [0.15, 0.2) is 24.3 Å². The van der Waals surface area contributed by atoms with E-state index < -0.39 is 6.36 Å². The number of hydrazine groups is 2. The van der Waals surface area contributed by atoms with Gasteiger partial charge in [0.05, 0.1) is 0 Å². The molecule has 9 nitrogen and oxygen atoms in total. The summed E-state index contributed by atoms with van der Waals surface area (Å²) in [6, 6.07) is 6.24. The molecule has 4 heterocycles. The number of nitrogens with one attached hydrogen (secondary N) is 4. The van der Waals surface area contributed by atoms with Crippen LogP contribution < -0.4 is 21.1 Å². The van der Waals surface area contributed by atoms with Crippen molar-refractivity contribution in [1.29, 1.82) is 0 Å². The highest BCUT2D eigenvalue weighted by Crippen LogP contribution is 2.35. The predicted molar refractivity (Wildman–Crippen MR) is 119 cm³/mol. The summed E-state index contributed by atoms with van der Waals surface area (Å²) in [4.78, 5) is 33.0. The second-order valence-corrected chi connectivity index (χ2v) is 10.1. The number of benzene rings is 1. The first-order chi connectivity index (χ1) is 16.7. The smallest absolute Gasteiger partial charge is 0.406 e. The van der Waals surface area contributed by atoms with E-state index in [-0.39, 0.29) is 41.4 Å². The van der Waals surface area contributed by atoms with E-state index in [1.54, 1.807) is 11.0 Å². The molecular weight excluding hydrogens is 465 g/mol. The van der Waals surface area contributed by atoms with Gasteiger partial charge in [-0.15, -0.1) is 13.2 Å². The van der Waals surface area contributed by atoms with Crippen LogP contribution in [0, 0.1) is 17.8 Å². The maximum absolute atomic E-state index is 13.2. The third-order valence-electron chi connectivity index (χ3n) is 7.86. The zero-order valence-corrected chi connectivity index (χ0v) is 18.9. The number of fused-ring (bicyclic) bond motifs is 3. The molecule has 35 heavy (non-hydrogen) atoms. The number of likely N-dealkylation sites (tertiary alicyclic amines) is 2. The fraction of sp³-hybridized carbons (Fsp3) is 0.565. The number of aromatic nitrogens is 1. The Morgan fingerprint density at radius 1 is 0.943 bits per heavy atom. The fourth-order valence-electron chi connectivity index (χ4n) is 6.14. The molecule has 2 aromatic rings. The molecule has 4 aliphatic rings. The second-order valence-electron chi connectivity index (χ2n) is 10.1. The predicted octanol–water partition coefficient (Wildman–Crippen LogP) is 1.75. The van der Waals surface area contributed by atoms with Crippen molar-refractivity contribution in [3.05, 3.63) is 30.0 Å². The molecular formula is C23H27F3N6O3. The Morgan fingerprint density at radius 3 is 2.40 bits per heavy atom. The minimum atomic E-state index is -4.78. The largest absolute Gasteiger partial charge is 0.573 e. The number of halogens is 3. The van der Waals surface area contributed by atoms with Crippen molar-refractivity contribution in [3.63, 3.8) is 0 Å². The highest BCUT2D eigenvalue weighted by atomic mass is 19.4. The van der Waals surface area contributed by atoms with Crippen molar-refractivity contribution in [2.45, 2.75) is 37.7 Å². The number of carbonyl (C=O) groups is 2. The number of amides is 2. The van der Waals surface area contributed by atoms with Crippen LogP contribution in [0.4, 0.5) is 13.2 Å². The Hall–Kier alpha value is -2.83. The molecule has 0 radical (unpaired) electrons. The van der Waals surface area contributed by atoms with Crippen molar-refractivity contribution < 1.29 is 27.5 Å². The molecule has 0 spiro atoms. The molecule has 2 amide bonds. The van der Waals surface area contributed by atoms with Crippen LogP contribution >= 0.6 is 0 Å². The maximum Gasteiger partial charge on any atom is 0.573 e. The molecule has 1 saturated carbocycles. The highest BCUT2D eigenvalue weighted by molar-refractivity contribution is 5.98. The third-order valence-corrected chi connectivity index (χ3v) is 7.86. The van der Waals surface area contributed by atoms with Crippen molar-refractivity contribution >= 4 is 22.7 Å². The van der Waals surface area contributed by atoms with E-state index in [0.717, 1.165) is 19.3 Å². The van der Waals surface area contributed by atoms with Crippen LogP contribution in [-0.4, -0.2) is 71.2 Å². The van der Waals surface area contributed by atoms with E-state index in [2.05, 4.69) is 26.1 Å². The molecule has 4 fully saturated rings. The van der Waals surface area contributed by atoms with Crippen LogP contribution in [0.25, 0.3) is 10.9 Å². The Balaban J connectivity index is 1.07. The topological polar surface area (TPSA) is 102 Å². The number of rotatable bonds is 3. The lowest BCUT2D eigenvalue weighted by molar-refractivity contribution is -0.274. The lowest BCUT2D eigenvalue weighted by Gasteiger charge is -2.32. The average molecular weight is 493 g/mol. The van der Waals surface area contributed by atoms with Crippen LogP contribution in [0.2, 0.25) is 0 Å². The van der Waals surface area contributed by atoms with Crippen LogP contribution in [0.1, 0.15) is 29.8 Å². The van der Waals surface area contributed by atoms with Gasteiger partial charge < -0.3 is 19.5 Å². The zero-order valence-electron chi connectivity index (χ0n) is 18.9. The number of alkyl halides is 3. The normalized spacial score (nSPS) is 30.5. The summed E-state index contributed by atoms with van der Waals surface area (Å²) in [6.07, 6.45) is -2.12. The molecule has 1 aliphatic carbocycles. The second kappa shape index (κ2) is 8.38. The number of aromatic amines is 1. The van der Waals surface area contributed by atoms with E-state index in [1.807, 2.05) is 4.90 Å². The van der Waals surface area contributed by atoms with E-state index in [9.17, 15) is 22.8 Å². The summed E-state index contributed by atoms with van der Waals surface area (Å²) < 4.78 is 41.5. The molecule has 12 heteroatoms. The van der Waals surface area contributed by atoms with E-state index in [4.69, 9.17) is 0 Å². The first-order valence-corrected chi connectivity index (χ1v) is 12.0. The standard InChI is InChI=1S/C23H27F3N6O3/c24-23(25,26)35-16-3-1-12-5-20(27-18(12)7-16)22(34)32-10-14-8-31(9-15(14)11-32)21(33)13-2-4-17-19(6-13)29-30-28-17/h1,3,5,7,13-15,17,19,27-30H,2,4,6,8-11H2/t13?,14-,15-,17?,19?/m0/s1. The quantitative estimate of drug-likeness (QED) is 0.521. The lowest BCUT2D eigenvalue weighted by Crippen LogP contribution is -2.45. The summed E-state index contributed by atoms with van der Waals surface area (Å²) in [5, 5.41) is 0.635. The van der Waals surface area contributed by atoms with Gasteiger partial charge in [0.25, 0.3) is 5.91 Å². The van der Waals surface area contributed by atoms with E-state index in [0.29, 0.717) is 48.8 Å². The number of nitrogens with zero attached hydrogens (tertiary/aromatic N) is 2. The van der Waals surface area contributed by atoms with Crippen molar-refractivity contribution in [3.8, 4) is 5.75 Å². The van der Waals surface area contributed by atoms with Crippen molar-refractivity contribution in [1.82, 2.24) is 31.2 Å². The van der Waals surface area contributed by atoms with Crippen LogP contribution in [-0.2, 0) is 4.79 Å². The van der Waals surface area contributed by atoms with E-state index in [1.165, 1.54) is 18.2 Å². The van der Waals surface area contributed by atoms with Gasteiger partial charge in [-0.05, 0) is 37.5 Å². The molecule has 6 rings (SSSR count). The van der Waals surface area contributed by atoms with Gasteiger partial charge in [-0.1, -0.05) is 0 Å². The molecule has 0 bridgehead atoms. The summed E-state index contributed by atoms with van der Waals surface area (Å²) >= 11 is 0. The molecule has 3 aliphatic heterocycles. The minimum absolute atomic E-state index is 0.0274. The monoisotopic (exact) mass is 492 g/mol. The Bertz CT molecular complexity index is 1140. The summed E-state index contributed by atoms with van der Waals surface area (Å²) in [5.74, 6) is 0.205. The van der Waals surface area contributed by atoms with Gasteiger partial charge in [0, 0.05) is 73.0 Å². The minimum Gasteiger partial charge on any atom is -0.406 e. The van der Waals surface area contributed by atoms with Crippen molar-refractivity contribution in [2.75, 3.05) is 26.2 Å². The molecule has 4 N–H and O–H groups in total. The number of carbonyl (C=O) groups excluding carboxylic acids is 2. The summed E-state index contributed by atoms with van der Waals surface area (Å²) in [7, 11) is 0.